The number of carbonyl (C=O) groups is 2. The van der Waals surface area contributed by atoms with Gasteiger partial charge in [-0.1, -0.05) is 17.7 Å². The predicted molar refractivity (Wildman–Crippen MR) is 77.6 cm³/mol. The minimum absolute atomic E-state index is 0.0169. The van der Waals surface area contributed by atoms with E-state index in [1.165, 1.54) is 5.56 Å². The van der Waals surface area contributed by atoms with E-state index < -0.39 is 0 Å². The van der Waals surface area contributed by atoms with E-state index in [4.69, 9.17) is 4.74 Å². The van der Waals surface area contributed by atoms with E-state index in [1.54, 1.807) is 0 Å². The largest absolute Gasteiger partial charge is 0.462 e. The number of hydrogen-bond acceptors (Lipinski definition) is 3. The quantitative estimate of drug-likeness (QED) is 0.849. The van der Waals surface area contributed by atoms with Crippen LogP contribution in [0.15, 0.2) is 18.2 Å². The standard InChI is InChI=1S/C17H19NO3/c1-8-3-4-12(9(2)5-8)18-16(19)14-10-6-11-13(7-10)21-17(20)15(11)14/h3-5,10-11,13-15H,6-7H2,1-2H3,(H,18,19)/t10-,11+,13+,14-,15+/m1/s1. The van der Waals surface area contributed by atoms with Gasteiger partial charge in [0.2, 0.25) is 5.91 Å². The number of amides is 1. The van der Waals surface area contributed by atoms with Crippen molar-refractivity contribution in [1.29, 1.82) is 0 Å². The van der Waals surface area contributed by atoms with Crippen LogP contribution in [0.1, 0.15) is 24.0 Å². The van der Waals surface area contributed by atoms with Crippen molar-refractivity contribution >= 4 is 17.6 Å². The van der Waals surface area contributed by atoms with Gasteiger partial charge >= 0.3 is 5.97 Å². The van der Waals surface area contributed by atoms with Crippen molar-refractivity contribution in [2.24, 2.45) is 23.7 Å². The van der Waals surface area contributed by atoms with Crippen LogP contribution in [0.4, 0.5) is 5.69 Å². The van der Waals surface area contributed by atoms with Gasteiger partial charge in [-0.3, -0.25) is 9.59 Å². The molecule has 1 aromatic rings. The minimum Gasteiger partial charge on any atom is -0.462 e. The van der Waals surface area contributed by atoms with Crippen molar-refractivity contribution in [2.75, 3.05) is 5.32 Å². The number of benzene rings is 1. The van der Waals surface area contributed by atoms with Gasteiger partial charge in [-0.15, -0.1) is 0 Å². The van der Waals surface area contributed by atoms with E-state index in [0.29, 0.717) is 5.92 Å². The number of carbonyl (C=O) groups excluding carboxylic acids is 2. The molecule has 1 aromatic carbocycles. The summed E-state index contributed by atoms with van der Waals surface area (Å²) < 4.78 is 5.39. The van der Waals surface area contributed by atoms with E-state index in [0.717, 1.165) is 24.1 Å². The highest BCUT2D eigenvalue weighted by Gasteiger charge is 2.63. The Bertz CT molecular complexity index is 637. The molecule has 1 N–H and O–H groups in total. The maximum Gasteiger partial charge on any atom is 0.310 e. The monoisotopic (exact) mass is 285 g/mol. The number of rotatable bonds is 2. The van der Waals surface area contributed by atoms with Gasteiger partial charge < -0.3 is 10.1 Å². The molecule has 110 valence electrons. The molecule has 2 saturated carbocycles. The van der Waals surface area contributed by atoms with Crippen molar-refractivity contribution in [3.05, 3.63) is 29.3 Å². The van der Waals surface area contributed by atoms with Crippen LogP contribution in [0.5, 0.6) is 0 Å². The van der Waals surface area contributed by atoms with Gasteiger partial charge in [-0.05, 0) is 44.2 Å². The molecular weight excluding hydrogens is 266 g/mol. The van der Waals surface area contributed by atoms with Crippen LogP contribution in [0.3, 0.4) is 0 Å². The van der Waals surface area contributed by atoms with Gasteiger partial charge in [0.25, 0.3) is 0 Å². The zero-order chi connectivity index (χ0) is 14.7. The molecule has 0 radical (unpaired) electrons. The SMILES string of the molecule is Cc1ccc(NC(=O)[C@@H]2[C@@H]3C[C@@H]4[C@@H]2C(=O)O[C@H]4C3)c(C)c1. The summed E-state index contributed by atoms with van der Waals surface area (Å²) in [6.07, 6.45) is 1.90. The van der Waals surface area contributed by atoms with Crippen LogP contribution in [0, 0.1) is 37.5 Å². The second-order valence-corrected chi connectivity index (χ2v) is 6.73. The fourth-order valence-electron chi connectivity index (χ4n) is 4.53. The first kappa shape index (κ1) is 12.9. The average molecular weight is 285 g/mol. The fraction of sp³-hybridized carbons (Fsp3) is 0.529. The molecule has 1 aliphatic heterocycles. The molecular formula is C17H19NO3. The summed E-state index contributed by atoms with van der Waals surface area (Å²) in [6.45, 7) is 4.02. The third-order valence-corrected chi connectivity index (χ3v) is 5.43. The van der Waals surface area contributed by atoms with Crippen LogP contribution in [-0.2, 0) is 14.3 Å². The number of aryl methyl sites for hydroxylation is 2. The fourth-order valence-corrected chi connectivity index (χ4v) is 4.53. The zero-order valence-corrected chi connectivity index (χ0v) is 12.3. The smallest absolute Gasteiger partial charge is 0.310 e. The summed E-state index contributed by atoms with van der Waals surface area (Å²) in [5.74, 6) is -0.0106. The third kappa shape index (κ3) is 1.81. The van der Waals surface area contributed by atoms with Crippen molar-refractivity contribution in [3.8, 4) is 0 Å². The summed E-state index contributed by atoms with van der Waals surface area (Å²) >= 11 is 0. The highest BCUT2D eigenvalue weighted by Crippen LogP contribution is 2.57. The summed E-state index contributed by atoms with van der Waals surface area (Å²) in [5.41, 5.74) is 3.07. The predicted octanol–water partition coefficient (Wildman–Crippen LogP) is 2.44. The Labute approximate surface area is 123 Å². The lowest BCUT2D eigenvalue weighted by atomic mass is 9.79. The van der Waals surface area contributed by atoms with Crippen molar-refractivity contribution in [3.63, 3.8) is 0 Å². The van der Waals surface area contributed by atoms with Gasteiger partial charge in [-0.25, -0.2) is 0 Å². The summed E-state index contributed by atoms with van der Waals surface area (Å²) in [7, 11) is 0. The molecule has 0 unspecified atom stereocenters. The Balaban J connectivity index is 1.57. The molecule has 0 aromatic heterocycles. The van der Waals surface area contributed by atoms with E-state index >= 15 is 0 Å². The number of esters is 1. The number of hydrogen-bond donors (Lipinski definition) is 1. The van der Waals surface area contributed by atoms with E-state index in [2.05, 4.69) is 11.4 Å². The first-order chi connectivity index (χ1) is 10.0. The third-order valence-electron chi connectivity index (χ3n) is 5.43. The molecule has 1 saturated heterocycles. The molecule has 4 heteroatoms. The summed E-state index contributed by atoms with van der Waals surface area (Å²) in [5, 5.41) is 3.02. The molecule has 2 bridgehead atoms. The summed E-state index contributed by atoms with van der Waals surface area (Å²) in [4.78, 5) is 24.6. The molecule has 1 heterocycles. The Hall–Kier alpha value is -1.84. The topological polar surface area (TPSA) is 55.4 Å². The minimum atomic E-state index is -0.209. The van der Waals surface area contributed by atoms with Gasteiger partial charge in [0.15, 0.2) is 0 Å². The van der Waals surface area contributed by atoms with Crippen LogP contribution >= 0.6 is 0 Å². The van der Waals surface area contributed by atoms with Crippen LogP contribution in [-0.4, -0.2) is 18.0 Å². The second kappa shape index (κ2) is 4.33. The normalized spacial score (nSPS) is 35.9. The molecule has 1 amide bonds. The maximum absolute atomic E-state index is 12.7. The maximum atomic E-state index is 12.7. The van der Waals surface area contributed by atoms with E-state index in [-0.39, 0.29) is 35.7 Å². The van der Waals surface area contributed by atoms with Crippen molar-refractivity contribution < 1.29 is 14.3 Å². The lowest BCUT2D eigenvalue weighted by molar-refractivity contribution is -0.145. The molecule has 2 aliphatic carbocycles. The number of fused-ring (bicyclic) bond motifs is 1. The highest BCUT2D eigenvalue weighted by atomic mass is 16.6. The Morgan fingerprint density at radius 3 is 2.86 bits per heavy atom. The first-order valence-electron chi connectivity index (χ1n) is 7.63. The Morgan fingerprint density at radius 2 is 2.10 bits per heavy atom. The number of ether oxygens (including phenoxy) is 1. The zero-order valence-electron chi connectivity index (χ0n) is 12.3. The Kier molecular flexibility index (Phi) is 2.65. The Morgan fingerprint density at radius 1 is 1.29 bits per heavy atom. The summed E-state index contributed by atoms with van der Waals surface area (Å²) in [6, 6.07) is 5.98. The van der Waals surface area contributed by atoms with Gasteiger partial charge in [0.05, 0.1) is 11.8 Å². The van der Waals surface area contributed by atoms with E-state index in [1.807, 2.05) is 26.0 Å². The molecule has 0 spiro atoms. The molecule has 5 atom stereocenters. The van der Waals surface area contributed by atoms with Crippen molar-refractivity contribution in [1.82, 2.24) is 0 Å². The lowest BCUT2D eigenvalue weighted by Gasteiger charge is -2.24. The molecule has 4 rings (SSSR count). The lowest BCUT2D eigenvalue weighted by Crippen LogP contribution is -2.36. The number of nitrogens with one attached hydrogen (secondary N) is 1. The van der Waals surface area contributed by atoms with Crippen LogP contribution < -0.4 is 5.32 Å². The molecule has 3 aliphatic rings. The average Bonchev–Trinajstić information content (AvgIpc) is 3.02. The van der Waals surface area contributed by atoms with Crippen molar-refractivity contribution in [2.45, 2.75) is 32.8 Å². The molecule has 21 heavy (non-hydrogen) atoms. The molecule has 3 fully saturated rings. The first-order valence-corrected chi connectivity index (χ1v) is 7.63. The van der Waals surface area contributed by atoms with Crippen LogP contribution in [0.2, 0.25) is 0 Å². The van der Waals surface area contributed by atoms with Gasteiger partial charge in [0.1, 0.15) is 6.10 Å². The van der Waals surface area contributed by atoms with Gasteiger partial charge in [-0.2, -0.15) is 0 Å². The van der Waals surface area contributed by atoms with Gasteiger partial charge in [0, 0.05) is 11.6 Å². The second-order valence-electron chi connectivity index (χ2n) is 6.73. The van der Waals surface area contributed by atoms with Crippen LogP contribution in [0.25, 0.3) is 0 Å². The van der Waals surface area contributed by atoms with E-state index in [9.17, 15) is 9.59 Å². The number of anilines is 1. The highest BCUT2D eigenvalue weighted by molar-refractivity contribution is 5.97. The molecule has 4 nitrogen and oxygen atoms in total.